The molecule has 0 saturated heterocycles. The Bertz CT molecular complexity index is 3800. The first-order valence-corrected chi connectivity index (χ1v) is 20.6. The van der Waals surface area contributed by atoms with Crippen LogP contribution in [0.25, 0.3) is 61.3 Å². The van der Waals surface area contributed by atoms with Gasteiger partial charge in [-0.2, -0.15) is 18.2 Å². The average molecular weight is 1020 g/mol. The SMILES string of the molecule is [2H]c1c([2H])c([2H])c(-c2cccc(-c3c([2H])c([2H])c([2H])c([2H])c3[2H])c2-[n+]2[c-]n(-c3[c-]c(Oc4[c-]c5c(cc4)c4cc(C(C)(C)C)ccc4n5-c4cc(C([2H])([2H])C(C)(C)c5ccccc5)ccn4)ccc3)cc2)c([2H])c1[2H].[Pt]. The van der Waals surface area contributed by atoms with E-state index in [9.17, 15) is 2.74 Å². The molecular formula is C58H48N4OPt-2. The summed E-state index contributed by atoms with van der Waals surface area (Å²) in [6.07, 6.45) is 6.30. The van der Waals surface area contributed by atoms with E-state index >= 15 is 0 Å². The molecule has 0 saturated carbocycles. The van der Waals surface area contributed by atoms with Gasteiger partial charge in [-0.15, -0.1) is 29.7 Å². The molecule has 0 fully saturated rings. The van der Waals surface area contributed by atoms with E-state index < -0.39 is 72.2 Å². The van der Waals surface area contributed by atoms with E-state index in [0.29, 0.717) is 34.1 Å². The third-order valence-electron chi connectivity index (χ3n) is 11.1. The van der Waals surface area contributed by atoms with Crippen LogP contribution >= 0.6 is 0 Å². The molecule has 64 heavy (non-hydrogen) atoms. The van der Waals surface area contributed by atoms with Gasteiger partial charge < -0.3 is 13.9 Å². The molecule has 0 bridgehead atoms. The van der Waals surface area contributed by atoms with Gasteiger partial charge in [-0.25, -0.2) is 4.98 Å². The largest absolute Gasteiger partial charge is 0.510 e. The summed E-state index contributed by atoms with van der Waals surface area (Å²) in [6.45, 7) is 10.3. The maximum Gasteiger partial charge on any atom is 0.267 e. The first-order chi connectivity index (χ1) is 35.5. The van der Waals surface area contributed by atoms with E-state index in [1.807, 2.05) is 60.9 Å². The molecule has 0 unspecified atom stereocenters. The molecule has 10 rings (SSSR count). The van der Waals surface area contributed by atoms with Crippen molar-refractivity contribution >= 4 is 21.8 Å². The molecule has 318 valence electrons. The van der Waals surface area contributed by atoms with Gasteiger partial charge in [0.2, 0.25) is 0 Å². The summed E-state index contributed by atoms with van der Waals surface area (Å²) < 4.78 is 117. The van der Waals surface area contributed by atoms with Crippen molar-refractivity contribution in [3.05, 3.63) is 223 Å². The van der Waals surface area contributed by atoms with Crippen LogP contribution in [0.5, 0.6) is 11.5 Å². The standard InChI is InChI=1S/C58H48N4O.Pt/c1-57(2,3)45-27-30-53-52(36-45)51-29-28-48(38-54(51)62(53)55-35-41(31-32-59-55)39-58(4,5)44-21-13-8-14-22-44)63-47-24-15-23-46(37-47)60-33-34-61(40-60)56-49(42-17-9-6-10-18-42)25-16-26-50(56)43-19-11-7-12-20-43;/h6-36H,39H2,1-5H3;/q-2;/i6D,7D,9D,10D,11D,12D,17D,18D,19D,20D,39D2;. The van der Waals surface area contributed by atoms with E-state index in [2.05, 4.69) is 57.4 Å². The summed E-state index contributed by atoms with van der Waals surface area (Å²) in [5.74, 6) is 1.17. The van der Waals surface area contributed by atoms with Crippen molar-refractivity contribution in [1.82, 2.24) is 14.1 Å². The smallest absolute Gasteiger partial charge is 0.267 e. The fraction of sp³-hybridized carbons (Fsp3) is 0.138. The Hall–Kier alpha value is -6.81. The van der Waals surface area contributed by atoms with Crippen LogP contribution in [0.4, 0.5) is 0 Å². The zero-order valence-electron chi connectivity index (χ0n) is 47.6. The van der Waals surface area contributed by atoms with Crippen molar-refractivity contribution in [3.8, 4) is 50.9 Å². The Kier molecular flexibility index (Phi) is 8.24. The normalized spacial score (nSPS) is 14.6. The molecule has 0 spiro atoms. The molecule has 0 aliphatic carbocycles. The van der Waals surface area contributed by atoms with E-state index in [1.165, 1.54) is 4.57 Å². The van der Waals surface area contributed by atoms with Crippen LogP contribution in [-0.2, 0) is 38.3 Å². The third kappa shape index (κ3) is 8.36. The molecule has 7 aromatic carbocycles. The van der Waals surface area contributed by atoms with Gasteiger partial charge in [-0.3, -0.25) is 4.57 Å². The maximum absolute atomic E-state index is 9.53. The van der Waals surface area contributed by atoms with Gasteiger partial charge in [-0.05, 0) is 85.4 Å². The van der Waals surface area contributed by atoms with Gasteiger partial charge in [0.25, 0.3) is 6.33 Å². The molecule has 0 amide bonds. The van der Waals surface area contributed by atoms with Crippen molar-refractivity contribution in [2.75, 3.05) is 0 Å². The number of aromatic nitrogens is 4. The Labute approximate surface area is 407 Å². The number of ether oxygens (including phenoxy) is 1. The van der Waals surface area contributed by atoms with Crippen molar-refractivity contribution in [2.24, 2.45) is 0 Å². The fourth-order valence-corrected chi connectivity index (χ4v) is 7.90. The molecule has 6 heteroatoms. The first-order valence-electron chi connectivity index (χ1n) is 26.6. The van der Waals surface area contributed by atoms with Crippen LogP contribution in [0, 0.1) is 18.5 Å². The molecule has 0 aliphatic rings. The monoisotopic (exact) mass is 1020 g/mol. The molecule has 3 aromatic heterocycles. The summed E-state index contributed by atoms with van der Waals surface area (Å²) in [6, 6.07) is 34.6. The molecule has 10 aromatic rings. The number of rotatable bonds is 10. The van der Waals surface area contributed by atoms with Gasteiger partial charge in [0, 0.05) is 59.4 Å². The molecule has 5 nitrogen and oxygen atoms in total. The predicted molar refractivity (Wildman–Crippen MR) is 255 cm³/mol. The van der Waals surface area contributed by atoms with Crippen LogP contribution in [0.15, 0.2) is 188 Å². The Morgan fingerprint density at radius 1 is 0.688 bits per heavy atom. The number of hydrogen-bond donors (Lipinski definition) is 0. The molecule has 0 radical (unpaired) electrons. The number of hydrogen-bond acceptors (Lipinski definition) is 2. The minimum atomic E-state index is -1.81. The van der Waals surface area contributed by atoms with Crippen LogP contribution < -0.4 is 9.30 Å². The van der Waals surface area contributed by atoms with Crippen LogP contribution in [-0.4, -0.2) is 14.1 Å². The van der Waals surface area contributed by atoms with Gasteiger partial charge in [-0.1, -0.05) is 161 Å². The number of pyridine rings is 1. The minimum absolute atomic E-state index is 0. The van der Waals surface area contributed by atoms with E-state index in [1.54, 1.807) is 71.7 Å². The van der Waals surface area contributed by atoms with Crippen molar-refractivity contribution < 1.29 is 46.8 Å². The van der Waals surface area contributed by atoms with Crippen molar-refractivity contribution in [1.29, 1.82) is 0 Å². The zero-order chi connectivity index (χ0) is 53.6. The van der Waals surface area contributed by atoms with Gasteiger partial charge in [0.05, 0.1) is 19.4 Å². The van der Waals surface area contributed by atoms with Crippen LogP contribution in [0.2, 0.25) is 0 Å². The van der Waals surface area contributed by atoms with Gasteiger partial charge in [0.15, 0.2) is 0 Å². The van der Waals surface area contributed by atoms with Crippen LogP contribution in [0.1, 0.15) is 67.8 Å². The van der Waals surface area contributed by atoms with E-state index in [-0.39, 0.29) is 54.4 Å². The Morgan fingerprint density at radius 2 is 1.38 bits per heavy atom. The molecule has 0 atom stereocenters. The van der Waals surface area contributed by atoms with Crippen molar-refractivity contribution in [2.45, 2.75) is 51.8 Å². The predicted octanol–water partition coefficient (Wildman–Crippen LogP) is 13.6. The summed E-state index contributed by atoms with van der Waals surface area (Å²) in [5, 5.41) is 1.85. The number of para-hydroxylation sites is 1. The molecule has 3 heterocycles. The first kappa shape index (κ1) is 30.3. The summed E-state index contributed by atoms with van der Waals surface area (Å²) in [7, 11) is 0. The van der Waals surface area contributed by atoms with Gasteiger partial charge in [0.1, 0.15) is 5.82 Å². The summed E-state index contributed by atoms with van der Waals surface area (Å²) >= 11 is 0. The quantitative estimate of drug-likeness (QED) is 0.101. The zero-order valence-corrected chi connectivity index (χ0v) is 37.9. The second-order valence-electron chi connectivity index (χ2n) is 16.8. The van der Waals surface area contributed by atoms with E-state index in [4.69, 9.17) is 23.4 Å². The van der Waals surface area contributed by atoms with Crippen LogP contribution in [0.3, 0.4) is 0 Å². The minimum Gasteiger partial charge on any atom is -0.510 e. The Morgan fingerprint density at radius 3 is 2.08 bits per heavy atom. The number of nitrogens with zero attached hydrogens (tertiary/aromatic N) is 4. The summed E-state index contributed by atoms with van der Waals surface area (Å²) in [5.41, 5.74) is 3.47. The summed E-state index contributed by atoms with van der Waals surface area (Å²) in [4.78, 5) is 4.82. The molecule has 0 aliphatic heterocycles. The van der Waals surface area contributed by atoms with E-state index in [0.717, 1.165) is 27.4 Å². The molecular weight excluding hydrogens is 964 g/mol. The maximum atomic E-state index is 9.53. The number of benzene rings is 7. The second-order valence-corrected chi connectivity index (χ2v) is 16.8. The average Bonchev–Trinajstić information content (AvgIpc) is 4.03. The fourth-order valence-electron chi connectivity index (χ4n) is 7.90. The topological polar surface area (TPSA) is 35.9 Å². The third-order valence-corrected chi connectivity index (χ3v) is 11.1. The number of fused-ring (bicyclic) bond motifs is 3. The van der Waals surface area contributed by atoms with Gasteiger partial charge >= 0.3 is 0 Å². The molecule has 0 N–H and O–H groups in total. The van der Waals surface area contributed by atoms with Crippen molar-refractivity contribution in [3.63, 3.8) is 0 Å². The number of imidazole rings is 1. The Balaban J connectivity index is 0.00000706. The second kappa shape index (κ2) is 17.4.